The van der Waals surface area contributed by atoms with E-state index < -0.39 is 0 Å². The maximum Gasteiger partial charge on any atom is 0.270 e. The first-order chi connectivity index (χ1) is 9.06. The zero-order chi connectivity index (χ0) is 13.8. The zero-order valence-corrected chi connectivity index (χ0v) is 10.6. The van der Waals surface area contributed by atoms with Gasteiger partial charge in [0.15, 0.2) is 0 Å². The lowest BCUT2D eigenvalue weighted by Crippen LogP contribution is -2.48. The van der Waals surface area contributed by atoms with Crippen LogP contribution in [-0.2, 0) is 9.53 Å². The van der Waals surface area contributed by atoms with Crippen molar-refractivity contribution in [1.29, 1.82) is 0 Å². The quantitative estimate of drug-likeness (QED) is 0.748. The highest BCUT2D eigenvalue weighted by Crippen LogP contribution is 2.04. The molecule has 1 fully saturated rings. The summed E-state index contributed by atoms with van der Waals surface area (Å²) in [6.45, 7) is 0.837. The average molecular weight is 264 g/mol. The van der Waals surface area contributed by atoms with Crippen molar-refractivity contribution in [2.24, 2.45) is 0 Å². The van der Waals surface area contributed by atoms with Gasteiger partial charge >= 0.3 is 0 Å². The zero-order valence-electron chi connectivity index (χ0n) is 10.6. The van der Waals surface area contributed by atoms with Crippen LogP contribution in [0.1, 0.15) is 10.5 Å². The van der Waals surface area contributed by atoms with Gasteiger partial charge < -0.3 is 20.7 Å². The van der Waals surface area contributed by atoms with E-state index in [9.17, 15) is 9.59 Å². The molecule has 0 aliphatic carbocycles. The first-order valence-electron chi connectivity index (χ1n) is 5.92. The summed E-state index contributed by atoms with van der Waals surface area (Å²) in [6.07, 6.45) is -0.201. The predicted octanol–water partition coefficient (Wildman–Crippen LogP) is -0.749. The molecule has 1 atom stereocenters. The summed E-state index contributed by atoms with van der Waals surface area (Å²) in [4.78, 5) is 28.6. The largest absolute Gasteiger partial charge is 0.384 e. The number of anilines is 1. The molecule has 0 saturated carbocycles. The van der Waals surface area contributed by atoms with Crippen molar-refractivity contribution in [3.05, 3.63) is 23.9 Å². The Kier molecular flexibility index (Phi) is 3.96. The number of likely N-dealkylation sites (N-methyl/N-ethyl adjacent to an activating group) is 1. The molecule has 1 aliphatic heterocycles. The molecule has 7 nitrogen and oxygen atoms in total. The van der Waals surface area contributed by atoms with E-state index in [1.165, 1.54) is 0 Å². The fraction of sp³-hybridized carbons (Fsp3) is 0.417. The van der Waals surface area contributed by atoms with E-state index in [1.807, 2.05) is 0 Å². The van der Waals surface area contributed by atoms with E-state index >= 15 is 0 Å². The number of carbonyl (C=O) groups is 2. The SMILES string of the molecule is CN1C[C@@H](CNC(=O)c2cccc(N)n2)OCC1=O. The third kappa shape index (κ3) is 3.41. The summed E-state index contributed by atoms with van der Waals surface area (Å²) in [5.41, 5.74) is 5.77. The third-order valence-corrected chi connectivity index (χ3v) is 2.84. The summed E-state index contributed by atoms with van der Waals surface area (Å²) in [6, 6.07) is 4.87. The summed E-state index contributed by atoms with van der Waals surface area (Å²) in [5, 5.41) is 2.71. The molecule has 0 bridgehead atoms. The van der Waals surface area contributed by atoms with Gasteiger partial charge in [-0.3, -0.25) is 9.59 Å². The Bertz CT molecular complexity index is 492. The van der Waals surface area contributed by atoms with Crippen LogP contribution in [0, 0.1) is 0 Å². The van der Waals surface area contributed by atoms with E-state index in [0.29, 0.717) is 18.9 Å². The van der Waals surface area contributed by atoms with Gasteiger partial charge in [-0.15, -0.1) is 0 Å². The molecule has 0 radical (unpaired) electrons. The molecular weight excluding hydrogens is 248 g/mol. The molecule has 7 heteroatoms. The summed E-state index contributed by atoms with van der Waals surface area (Å²) >= 11 is 0. The molecular formula is C12H16N4O3. The summed E-state index contributed by atoms with van der Waals surface area (Å²) < 4.78 is 5.32. The first-order valence-corrected chi connectivity index (χ1v) is 5.92. The van der Waals surface area contributed by atoms with Gasteiger partial charge in [-0.25, -0.2) is 4.98 Å². The average Bonchev–Trinajstić information content (AvgIpc) is 2.40. The van der Waals surface area contributed by atoms with Gasteiger partial charge in [0.2, 0.25) is 5.91 Å². The molecule has 3 N–H and O–H groups in total. The van der Waals surface area contributed by atoms with Crippen molar-refractivity contribution in [3.63, 3.8) is 0 Å². The second-order valence-corrected chi connectivity index (χ2v) is 4.36. The maximum absolute atomic E-state index is 11.8. The van der Waals surface area contributed by atoms with Crippen molar-refractivity contribution in [2.45, 2.75) is 6.10 Å². The van der Waals surface area contributed by atoms with Gasteiger partial charge in [-0.1, -0.05) is 6.07 Å². The van der Waals surface area contributed by atoms with Crippen molar-refractivity contribution in [1.82, 2.24) is 15.2 Å². The minimum absolute atomic E-state index is 0.0492. The number of nitrogens with zero attached hydrogens (tertiary/aromatic N) is 2. The number of nitrogen functional groups attached to an aromatic ring is 1. The molecule has 102 valence electrons. The number of amides is 2. The predicted molar refractivity (Wildman–Crippen MR) is 68.4 cm³/mol. The first kappa shape index (κ1) is 13.3. The number of aromatic nitrogens is 1. The molecule has 0 aromatic carbocycles. The van der Waals surface area contributed by atoms with Crippen molar-refractivity contribution in [2.75, 3.05) is 32.5 Å². The Hall–Kier alpha value is -2.15. The number of hydrogen-bond acceptors (Lipinski definition) is 5. The van der Waals surface area contributed by atoms with E-state index in [1.54, 1.807) is 30.1 Å². The lowest BCUT2D eigenvalue weighted by atomic mass is 10.2. The Balaban J connectivity index is 1.85. The van der Waals surface area contributed by atoms with Crippen LogP contribution in [0.5, 0.6) is 0 Å². The molecule has 2 heterocycles. The minimum atomic E-state index is -0.310. The highest BCUT2D eigenvalue weighted by atomic mass is 16.5. The fourth-order valence-corrected chi connectivity index (χ4v) is 1.76. The lowest BCUT2D eigenvalue weighted by Gasteiger charge is -2.29. The van der Waals surface area contributed by atoms with E-state index in [2.05, 4.69) is 10.3 Å². The van der Waals surface area contributed by atoms with Crippen LogP contribution in [0.15, 0.2) is 18.2 Å². The maximum atomic E-state index is 11.8. The van der Waals surface area contributed by atoms with Gasteiger partial charge in [0.25, 0.3) is 5.91 Å². The normalized spacial score (nSPS) is 19.3. The second kappa shape index (κ2) is 5.66. The summed E-state index contributed by atoms with van der Waals surface area (Å²) in [5.74, 6) is -0.0672. The van der Waals surface area contributed by atoms with Gasteiger partial charge in [0.1, 0.15) is 18.1 Å². The number of ether oxygens (including phenoxy) is 1. The van der Waals surface area contributed by atoms with Crippen molar-refractivity contribution in [3.8, 4) is 0 Å². The molecule has 2 amide bonds. The number of nitrogens with one attached hydrogen (secondary N) is 1. The second-order valence-electron chi connectivity index (χ2n) is 4.36. The topological polar surface area (TPSA) is 97.6 Å². The summed E-state index contributed by atoms with van der Waals surface area (Å²) in [7, 11) is 1.71. The molecule has 1 saturated heterocycles. The van der Waals surface area contributed by atoms with Crippen molar-refractivity contribution < 1.29 is 14.3 Å². The third-order valence-electron chi connectivity index (χ3n) is 2.84. The number of nitrogens with two attached hydrogens (primary N) is 1. The monoisotopic (exact) mass is 264 g/mol. The molecule has 1 aliphatic rings. The van der Waals surface area contributed by atoms with Crippen LogP contribution in [0.25, 0.3) is 0 Å². The van der Waals surface area contributed by atoms with E-state index in [-0.39, 0.29) is 30.2 Å². The Morgan fingerprint density at radius 2 is 2.42 bits per heavy atom. The lowest BCUT2D eigenvalue weighted by molar-refractivity contribution is -0.146. The minimum Gasteiger partial charge on any atom is -0.384 e. The number of pyridine rings is 1. The van der Waals surface area contributed by atoms with Gasteiger partial charge in [0, 0.05) is 20.1 Å². The van der Waals surface area contributed by atoms with Crippen LogP contribution in [-0.4, -0.2) is 54.5 Å². The van der Waals surface area contributed by atoms with Gasteiger partial charge in [-0.2, -0.15) is 0 Å². The number of morpholine rings is 1. The van der Waals surface area contributed by atoms with Crippen LogP contribution >= 0.6 is 0 Å². The van der Waals surface area contributed by atoms with Crippen LogP contribution in [0.4, 0.5) is 5.82 Å². The molecule has 1 aromatic heterocycles. The van der Waals surface area contributed by atoms with Crippen LogP contribution in [0.3, 0.4) is 0 Å². The van der Waals surface area contributed by atoms with E-state index in [4.69, 9.17) is 10.5 Å². The van der Waals surface area contributed by atoms with E-state index in [0.717, 1.165) is 0 Å². The molecule has 2 rings (SSSR count). The number of hydrogen-bond donors (Lipinski definition) is 2. The number of carbonyl (C=O) groups excluding carboxylic acids is 2. The van der Waals surface area contributed by atoms with Crippen molar-refractivity contribution >= 4 is 17.6 Å². The molecule has 0 unspecified atom stereocenters. The van der Waals surface area contributed by atoms with Crippen LogP contribution < -0.4 is 11.1 Å². The molecule has 0 spiro atoms. The van der Waals surface area contributed by atoms with Gasteiger partial charge in [0.05, 0.1) is 6.10 Å². The molecule has 19 heavy (non-hydrogen) atoms. The standard InChI is InChI=1S/C12H16N4O3/c1-16-6-8(19-7-11(16)17)5-14-12(18)9-3-2-4-10(13)15-9/h2-4,8H,5-7H2,1H3,(H2,13,15)(H,14,18)/t8-/m1/s1. The Morgan fingerprint density at radius 3 is 3.11 bits per heavy atom. The highest BCUT2D eigenvalue weighted by molar-refractivity contribution is 5.92. The fourth-order valence-electron chi connectivity index (χ4n) is 1.76. The van der Waals surface area contributed by atoms with Crippen LogP contribution in [0.2, 0.25) is 0 Å². The highest BCUT2D eigenvalue weighted by Gasteiger charge is 2.23. The number of rotatable bonds is 3. The molecule has 1 aromatic rings. The Labute approximate surface area is 110 Å². The smallest absolute Gasteiger partial charge is 0.270 e. The van der Waals surface area contributed by atoms with Gasteiger partial charge in [-0.05, 0) is 12.1 Å². The Morgan fingerprint density at radius 1 is 1.63 bits per heavy atom.